The zero-order valence-corrected chi connectivity index (χ0v) is 12.6. The number of nitrogens with one attached hydrogen (secondary N) is 1. The molecule has 0 aliphatic carbocycles. The summed E-state index contributed by atoms with van der Waals surface area (Å²) in [6.45, 7) is 11.9. The van der Waals surface area contributed by atoms with Gasteiger partial charge in [-0.2, -0.15) is 0 Å². The van der Waals surface area contributed by atoms with Gasteiger partial charge in [0.05, 0.1) is 6.04 Å². The summed E-state index contributed by atoms with van der Waals surface area (Å²) in [7, 11) is 0. The minimum Gasteiger partial charge on any atom is -0.444 e. The first-order valence-electron chi connectivity index (χ1n) is 6.44. The van der Waals surface area contributed by atoms with Crippen molar-refractivity contribution in [2.75, 3.05) is 13.1 Å². The molecule has 1 N–H and O–H groups in total. The normalized spacial score (nSPS) is 18.8. The topological polar surface area (TPSA) is 67.6 Å². The van der Waals surface area contributed by atoms with E-state index in [4.69, 9.17) is 9.47 Å². The summed E-state index contributed by atoms with van der Waals surface area (Å²) in [5.41, 5.74) is -1.01. The van der Waals surface area contributed by atoms with E-state index in [1.807, 2.05) is 20.8 Å². The number of amides is 2. The highest BCUT2D eigenvalue weighted by molar-refractivity contribution is 5.72. The van der Waals surface area contributed by atoms with Gasteiger partial charge < -0.3 is 14.8 Å². The molecule has 0 aromatic rings. The molecule has 2 amide bonds. The van der Waals surface area contributed by atoms with E-state index in [1.54, 1.807) is 25.7 Å². The van der Waals surface area contributed by atoms with Crippen molar-refractivity contribution in [1.82, 2.24) is 10.2 Å². The van der Waals surface area contributed by atoms with E-state index >= 15 is 0 Å². The van der Waals surface area contributed by atoms with Crippen molar-refractivity contribution in [1.29, 1.82) is 0 Å². The molecular formula is C13H24N2O4. The molecule has 1 unspecified atom stereocenters. The third-order valence-electron chi connectivity index (χ3n) is 2.22. The van der Waals surface area contributed by atoms with Crippen LogP contribution in [0.4, 0.5) is 9.59 Å². The van der Waals surface area contributed by atoms with E-state index in [-0.39, 0.29) is 12.1 Å². The van der Waals surface area contributed by atoms with Gasteiger partial charge in [-0.05, 0) is 41.5 Å². The van der Waals surface area contributed by atoms with Crippen LogP contribution < -0.4 is 5.32 Å². The molecule has 1 aliphatic heterocycles. The SMILES string of the molecule is CC(C)(C)OC(=O)NCC1CN1C(=O)OC(C)(C)C. The average molecular weight is 272 g/mol. The lowest BCUT2D eigenvalue weighted by atomic mass is 10.2. The van der Waals surface area contributed by atoms with Crippen LogP contribution in [0.15, 0.2) is 0 Å². The highest BCUT2D eigenvalue weighted by Gasteiger charge is 2.41. The summed E-state index contributed by atoms with van der Waals surface area (Å²) in [5.74, 6) is 0. The monoisotopic (exact) mass is 272 g/mol. The third kappa shape index (κ3) is 6.31. The molecule has 19 heavy (non-hydrogen) atoms. The van der Waals surface area contributed by atoms with E-state index in [1.165, 1.54) is 0 Å². The molecule has 6 heteroatoms. The Morgan fingerprint density at radius 1 is 1.11 bits per heavy atom. The molecule has 0 aromatic carbocycles. The minimum absolute atomic E-state index is 0.00219. The summed E-state index contributed by atoms with van der Waals surface area (Å²) in [4.78, 5) is 24.7. The van der Waals surface area contributed by atoms with E-state index < -0.39 is 17.3 Å². The molecular weight excluding hydrogens is 248 g/mol. The summed E-state index contributed by atoms with van der Waals surface area (Å²) in [5, 5.41) is 2.64. The second-order valence-corrected chi connectivity index (χ2v) is 6.67. The maximum absolute atomic E-state index is 11.7. The predicted octanol–water partition coefficient (Wildman–Crippen LogP) is 2.13. The molecule has 0 aromatic heterocycles. The van der Waals surface area contributed by atoms with Crippen LogP contribution in [0.3, 0.4) is 0 Å². The molecule has 1 rings (SSSR count). The number of hydrogen-bond acceptors (Lipinski definition) is 4. The van der Waals surface area contributed by atoms with E-state index in [0.717, 1.165) is 0 Å². The van der Waals surface area contributed by atoms with Gasteiger partial charge in [-0.3, -0.25) is 4.90 Å². The van der Waals surface area contributed by atoms with Crippen molar-refractivity contribution in [3.05, 3.63) is 0 Å². The number of nitrogens with zero attached hydrogens (tertiary/aromatic N) is 1. The Kier molecular flexibility index (Phi) is 4.32. The largest absolute Gasteiger partial charge is 0.444 e. The highest BCUT2D eigenvalue weighted by atomic mass is 16.6. The molecule has 110 valence electrons. The van der Waals surface area contributed by atoms with Crippen molar-refractivity contribution in [3.8, 4) is 0 Å². The average Bonchev–Trinajstić information content (AvgIpc) is 2.87. The van der Waals surface area contributed by atoms with Gasteiger partial charge in [0.2, 0.25) is 0 Å². The summed E-state index contributed by atoms with van der Waals surface area (Å²) in [6.07, 6.45) is -0.813. The molecule has 0 radical (unpaired) electrons. The molecule has 0 spiro atoms. The first-order valence-corrected chi connectivity index (χ1v) is 6.44. The fourth-order valence-corrected chi connectivity index (χ4v) is 1.41. The molecule has 0 saturated carbocycles. The lowest BCUT2D eigenvalue weighted by molar-refractivity contribution is 0.0395. The first-order chi connectivity index (χ1) is 8.48. The maximum atomic E-state index is 11.7. The Balaban J connectivity index is 2.24. The zero-order chi connectivity index (χ0) is 14.8. The number of alkyl carbamates (subject to hydrolysis) is 1. The van der Waals surface area contributed by atoms with Crippen molar-refractivity contribution >= 4 is 12.2 Å². The maximum Gasteiger partial charge on any atom is 0.410 e. The number of ether oxygens (including phenoxy) is 2. The zero-order valence-electron chi connectivity index (χ0n) is 12.6. The Morgan fingerprint density at radius 2 is 1.63 bits per heavy atom. The number of rotatable bonds is 2. The molecule has 1 atom stereocenters. The fourth-order valence-electron chi connectivity index (χ4n) is 1.41. The standard InChI is InChI=1S/C13H24N2O4/c1-12(2,3)18-10(16)14-7-9-8-15(9)11(17)19-13(4,5)6/h9H,7-8H2,1-6H3,(H,14,16). The van der Waals surface area contributed by atoms with Gasteiger partial charge in [0.1, 0.15) is 11.2 Å². The predicted molar refractivity (Wildman–Crippen MR) is 71.0 cm³/mol. The van der Waals surface area contributed by atoms with Gasteiger partial charge in [0, 0.05) is 13.1 Å². The molecule has 0 bridgehead atoms. The molecule has 1 fully saturated rings. The van der Waals surface area contributed by atoms with Gasteiger partial charge in [0.15, 0.2) is 0 Å². The Labute approximate surface area is 114 Å². The van der Waals surface area contributed by atoms with Crippen LogP contribution in [0.25, 0.3) is 0 Å². The Hall–Kier alpha value is -1.46. The summed E-state index contributed by atoms with van der Waals surface area (Å²) < 4.78 is 10.3. The lowest BCUT2D eigenvalue weighted by Crippen LogP contribution is -2.36. The van der Waals surface area contributed by atoms with Crippen molar-refractivity contribution in [3.63, 3.8) is 0 Å². The highest BCUT2D eigenvalue weighted by Crippen LogP contribution is 2.21. The minimum atomic E-state index is -0.515. The summed E-state index contributed by atoms with van der Waals surface area (Å²) >= 11 is 0. The van der Waals surface area contributed by atoms with Crippen LogP contribution >= 0.6 is 0 Å². The van der Waals surface area contributed by atoms with Crippen LogP contribution in [-0.4, -0.2) is 47.4 Å². The third-order valence-corrected chi connectivity index (χ3v) is 2.22. The molecule has 1 saturated heterocycles. The Bertz CT molecular complexity index is 355. The van der Waals surface area contributed by atoms with E-state index in [9.17, 15) is 9.59 Å². The van der Waals surface area contributed by atoms with Crippen LogP contribution in [0.1, 0.15) is 41.5 Å². The molecule has 6 nitrogen and oxygen atoms in total. The van der Waals surface area contributed by atoms with Crippen molar-refractivity contribution < 1.29 is 19.1 Å². The first kappa shape index (κ1) is 15.6. The van der Waals surface area contributed by atoms with Gasteiger partial charge in [0.25, 0.3) is 0 Å². The van der Waals surface area contributed by atoms with Crippen LogP contribution in [0.5, 0.6) is 0 Å². The second-order valence-electron chi connectivity index (χ2n) is 6.67. The summed E-state index contributed by atoms with van der Waals surface area (Å²) in [6, 6.07) is 0.00219. The van der Waals surface area contributed by atoms with E-state index in [0.29, 0.717) is 13.1 Å². The second kappa shape index (κ2) is 5.27. The van der Waals surface area contributed by atoms with Crippen LogP contribution in [0.2, 0.25) is 0 Å². The van der Waals surface area contributed by atoms with Crippen LogP contribution in [-0.2, 0) is 9.47 Å². The van der Waals surface area contributed by atoms with Gasteiger partial charge >= 0.3 is 12.2 Å². The van der Waals surface area contributed by atoms with Gasteiger partial charge in [-0.25, -0.2) is 9.59 Å². The Morgan fingerprint density at radius 3 is 2.11 bits per heavy atom. The number of carbonyl (C=O) groups excluding carboxylic acids is 2. The molecule has 1 aliphatic rings. The quantitative estimate of drug-likeness (QED) is 0.782. The fraction of sp³-hybridized carbons (Fsp3) is 0.846. The molecule has 1 heterocycles. The smallest absolute Gasteiger partial charge is 0.410 e. The number of hydrogen-bond donors (Lipinski definition) is 1. The van der Waals surface area contributed by atoms with Gasteiger partial charge in [-0.1, -0.05) is 0 Å². The van der Waals surface area contributed by atoms with E-state index in [2.05, 4.69) is 5.32 Å². The van der Waals surface area contributed by atoms with Crippen molar-refractivity contribution in [2.24, 2.45) is 0 Å². The van der Waals surface area contributed by atoms with Crippen molar-refractivity contribution in [2.45, 2.75) is 58.8 Å². The number of carbonyl (C=O) groups is 2. The lowest BCUT2D eigenvalue weighted by Gasteiger charge is -2.20. The van der Waals surface area contributed by atoms with Gasteiger partial charge in [-0.15, -0.1) is 0 Å². The van der Waals surface area contributed by atoms with Crippen LogP contribution in [0, 0.1) is 0 Å².